The fourth-order valence-electron chi connectivity index (χ4n) is 0.861. The monoisotopic (exact) mass is 232 g/mol. The minimum Gasteiger partial charge on any atom is -0.247 e. The maximum Gasteiger partial charge on any atom is 0.209 e. The summed E-state index contributed by atoms with van der Waals surface area (Å²) in [5, 5.41) is 5.70. The summed E-state index contributed by atoms with van der Waals surface area (Å²) in [5.74, 6) is 0.419. The molecule has 1 aromatic heterocycles. The van der Waals surface area contributed by atoms with Gasteiger partial charge in [-0.25, -0.2) is 18.5 Å². The summed E-state index contributed by atoms with van der Waals surface area (Å²) in [4.78, 5) is 4.22. The van der Waals surface area contributed by atoms with E-state index in [9.17, 15) is 8.42 Å². The van der Waals surface area contributed by atoms with E-state index in [0.717, 1.165) is 10.7 Å². The molecule has 0 fully saturated rings. The van der Waals surface area contributed by atoms with Crippen molar-refractivity contribution >= 4 is 21.8 Å². The highest BCUT2D eigenvalue weighted by Crippen LogP contribution is 2.14. The minimum absolute atomic E-state index is 0.0205. The first-order valence-electron chi connectivity index (χ1n) is 4.04. The van der Waals surface area contributed by atoms with Gasteiger partial charge in [0.05, 0.1) is 10.8 Å². The second-order valence-corrected chi connectivity index (χ2v) is 5.68. The second kappa shape index (κ2) is 4.77. The molecule has 0 unspecified atom stereocenters. The highest BCUT2D eigenvalue weighted by atomic mass is 32.2. The molecule has 0 bridgehead atoms. The van der Waals surface area contributed by atoms with Crippen LogP contribution in [-0.2, 0) is 10.0 Å². The molecule has 0 aromatic carbocycles. The molecular formula is C8H12N2O2S2. The number of aryl methyl sites for hydroxylation is 1. The summed E-state index contributed by atoms with van der Waals surface area (Å²) in [6.45, 7) is 1.89. The molecular weight excluding hydrogens is 220 g/mol. The van der Waals surface area contributed by atoms with Crippen molar-refractivity contribution in [2.24, 2.45) is 5.14 Å². The first kappa shape index (κ1) is 11.5. The number of hydrogen-bond acceptors (Lipinski definition) is 4. The zero-order valence-electron chi connectivity index (χ0n) is 7.80. The van der Waals surface area contributed by atoms with Crippen LogP contribution in [0.3, 0.4) is 0 Å². The maximum atomic E-state index is 10.6. The van der Waals surface area contributed by atoms with Gasteiger partial charge in [-0.05, 0) is 19.1 Å². The number of primary sulfonamides is 1. The zero-order valence-corrected chi connectivity index (χ0v) is 9.44. The molecule has 0 aliphatic carbocycles. The number of nitrogens with two attached hydrogens (primary N) is 1. The normalized spacial score (nSPS) is 11.6. The maximum absolute atomic E-state index is 10.6. The fraction of sp³-hybridized carbons (Fsp3) is 0.375. The van der Waals surface area contributed by atoms with E-state index in [0.29, 0.717) is 5.75 Å². The third-order valence-corrected chi connectivity index (χ3v) is 3.44. The van der Waals surface area contributed by atoms with Gasteiger partial charge in [-0.1, -0.05) is 6.07 Å². The predicted octanol–water partition coefficient (Wildman–Crippen LogP) is 0.771. The molecule has 14 heavy (non-hydrogen) atoms. The highest BCUT2D eigenvalue weighted by molar-refractivity contribution is 8.00. The van der Waals surface area contributed by atoms with E-state index in [-0.39, 0.29) is 5.75 Å². The van der Waals surface area contributed by atoms with Crippen LogP contribution >= 0.6 is 11.8 Å². The molecule has 0 saturated carbocycles. The summed E-state index contributed by atoms with van der Waals surface area (Å²) in [7, 11) is -3.35. The lowest BCUT2D eigenvalue weighted by Gasteiger charge is -2.00. The van der Waals surface area contributed by atoms with Gasteiger partial charge in [-0.2, -0.15) is 0 Å². The summed E-state index contributed by atoms with van der Waals surface area (Å²) >= 11 is 1.39. The zero-order chi connectivity index (χ0) is 10.6. The van der Waals surface area contributed by atoms with Crippen molar-refractivity contribution < 1.29 is 8.42 Å². The van der Waals surface area contributed by atoms with Crippen LogP contribution in [0.2, 0.25) is 0 Å². The Kier molecular flexibility index (Phi) is 3.91. The lowest BCUT2D eigenvalue weighted by Crippen LogP contribution is -2.17. The largest absolute Gasteiger partial charge is 0.247 e. The van der Waals surface area contributed by atoms with Gasteiger partial charge in [0, 0.05) is 11.4 Å². The number of nitrogens with zero attached hydrogens (tertiary/aromatic N) is 1. The number of rotatable bonds is 4. The lowest BCUT2D eigenvalue weighted by molar-refractivity contribution is 0.599. The first-order chi connectivity index (χ1) is 6.47. The van der Waals surface area contributed by atoms with Gasteiger partial charge < -0.3 is 0 Å². The van der Waals surface area contributed by atoms with Gasteiger partial charge in [-0.15, -0.1) is 11.8 Å². The smallest absolute Gasteiger partial charge is 0.209 e. The number of sulfonamides is 1. The average Bonchev–Trinajstić information content (AvgIpc) is 2.01. The van der Waals surface area contributed by atoms with Crippen LogP contribution < -0.4 is 5.14 Å². The van der Waals surface area contributed by atoms with Crippen molar-refractivity contribution in [3.63, 3.8) is 0 Å². The van der Waals surface area contributed by atoms with Crippen molar-refractivity contribution in [1.29, 1.82) is 0 Å². The van der Waals surface area contributed by atoms with Crippen molar-refractivity contribution in [3.8, 4) is 0 Å². The molecule has 0 spiro atoms. The van der Waals surface area contributed by atoms with Crippen LogP contribution in [0.5, 0.6) is 0 Å². The average molecular weight is 232 g/mol. The molecule has 0 atom stereocenters. The van der Waals surface area contributed by atoms with Gasteiger partial charge in [-0.3, -0.25) is 0 Å². The third kappa shape index (κ3) is 4.59. The van der Waals surface area contributed by atoms with E-state index >= 15 is 0 Å². The van der Waals surface area contributed by atoms with E-state index in [4.69, 9.17) is 5.14 Å². The number of pyridine rings is 1. The molecule has 0 aliphatic rings. The van der Waals surface area contributed by atoms with Gasteiger partial charge in [0.25, 0.3) is 0 Å². The predicted molar refractivity (Wildman–Crippen MR) is 57.7 cm³/mol. The molecule has 6 heteroatoms. The Bertz CT molecular complexity index is 404. The van der Waals surface area contributed by atoms with Crippen molar-refractivity contribution in [2.45, 2.75) is 11.9 Å². The number of aromatic nitrogens is 1. The second-order valence-electron chi connectivity index (χ2n) is 2.83. The standard InChI is InChI=1S/C8H12N2O2S2/c1-7-3-2-4-8(10-7)13-5-6-14(9,11)12/h2-4H,5-6H2,1H3,(H2,9,11,12). The van der Waals surface area contributed by atoms with Gasteiger partial charge >= 0.3 is 0 Å². The Morgan fingerprint density at radius 1 is 1.50 bits per heavy atom. The molecule has 1 aromatic rings. The van der Waals surface area contributed by atoms with Gasteiger partial charge in [0.15, 0.2) is 0 Å². The molecule has 2 N–H and O–H groups in total. The molecule has 0 saturated heterocycles. The van der Waals surface area contributed by atoms with Crippen molar-refractivity contribution in [2.75, 3.05) is 11.5 Å². The Labute approximate surface area is 88.0 Å². The summed E-state index contributed by atoms with van der Waals surface area (Å²) < 4.78 is 21.3. The summed E-state index contributed by atoms with van der Waals surface area (Å²) in [6.07, 6.45) is 0. The molecule has 1 rings (SSSR count). The molecule has 4 nitrogen and oxygen atoms in total. The first-order valence-corrected chi connectivity index (χ1v) is 6.74. The quantitative estimate of drug-likeness (QED) is 0.778. The Morgan fingerprint density at radius 3 is 2.79 bits per heavy atom. The van der Waals surface area contributed by atoms with Gasteiger partial charge in [0.1, 0.15) is 0 Å². The Balaban J connectivity index is 2.47. The Hall–Kier alpha value is -0.590. The van der Waals surface area contributed by atoms with Crippen molar-refractivity contribution in [1.82, 2.24) is 4.98 Å². The van der Waals surface area contributed by atoms with Crippen LogP contribution in [0.1, 0.15) is 5.69 Å². The molecule has 0 aliphatic heterocycles. The Morgan fingerprint density at radius 2 is 2.21 bits per heavy atom. The van der Waals surface area contributed by atoms with E-state index in [1.54, 1.807) is 0 Å². The van der Waals surface area contributed by atoms with E-state index < -0.39 is 10.0 Å². The van der Waals surface area contributed by atoms with Crippen LogP contribution in [0.15, 0.2) is 23.2 Å². The summed E-state index contributed by atoms with van der Waals surface area (Å²) in [5.41, 5.74) is 0.922. The molecule has 78 valence electrons. The van der Waals surface area contributed by atoms with Crippen LogP contribution in [-0.4, -0.2) is 24.9 Å². The number of thioether (sulfide) groups is 1. The topological polar surface area (TPSA) is 73.1 Å². The van der Waals surface area contributed by atoms with Crippen LogP contribution in [0.25, 0.3) is 0 Å². The van der Waals surface area contributed by atoms with Crippen LogP contribution in [0, 0.1) is 6.92 Å². The van der Waals surface area contributed by atoms with Crippen molar-refractivity contribution in [3.05, 3.63) is 23.9 Å². The molecule has 0 radical (unpaired) electrons. The van der Waals surface area contributed by atoms with Gasteiger partial charge in [0.2, 0.25) is 10.0 Å². The lowest BCUT2D eigenvalue weighted by atomic mass is 10.4. The number of hydrogen-bond donors (Lipinski definition) is 1. The molecule has 0 amide bonds. The third-order valence-electron chi connectivity index (χ3n) is 1.48. The summed E-state index contributed by atoms with van der Waals surface area (Å²) in [6, 6.07) is 5.63. The van der Waals surface area contributed by atoms with E-state index in [1.165, 1.54) is 11.8 Å². The fourth-order valence-corrected chi connectivity index (χ4v) is 2.72. The minimum atomic E-state index is -3.35. The molecule has 1 heterocycles. The highest BCUT2D eigenvalue weighted by Gasteiger charge is 2.03. The SMILES string of the molecule is Cc1cccc(SCCS(N)(=O)=O)n1. The van der Waals surface area contributed by atoms with Crippen LogP contribution in [0.4, 0.5) is 0 Å². The van der Waals surface area contributed by atoms with E-state index in [2.05, 4.69) is 4.98 Å². The van der Waals surface area contributed by atoms with E-state index in [1.807, 2.05) is 25.1 Å².